The fourth-order valence-corrected chi connectivity index (χ4v) is 4.13. The van der Waals surface area contributed by atoms with E-state index in [0.717, 1.165) is 31.6 Å². The summed E-state index contributed by atoms with van der Waals surface area (Å²) in [6, 6.07) is 8.75. The number of piperidine rings is 1. The Labute approximate surface area is 171 Å². The van der Waals surface area contributed by atoms with Crippen LogP contribution in [0, 0.1) is 0 Å². The van der Waals surface area contributed by atoms with E-state index in [2.05, 4.69) is 46.2 Å². The van der Waals surface area contributed by atoms with Crippen LogP contribution in [0.4, 0.5) is 11.6 Å². The first-order chi connectivity index (χ1) is 14.1. The van der Waals surface area contributed by atoms with Gasteiger partial charge in [0.1, 0.15) is 5.52 Å². The Kier molecular flexibility index (Phi) is 5.56. The highest BCUT2D eigenvalue weighted by Crippen LogP contribution is 2.22. The molecule has 1 aliphatic heterocycles. The van der Waals surface area contributed by atoms with Gasteiger partial charge in [-0.2, -0.15) is 5.10 Å². The molecule has 4 rings (SSSR count). The van der Waals surface area contributed by atoms with Crippen molar-refractivity contribution in [2.45, 2.75) is 45.6 Å². The smallest absolute Gasteiger partial charge is 0.278 e. The quantitative estimate of drug-likeness (QED) is 0.695. The van der Waals surface area contributed by atoms with Crippen molar-refractivity contribution in [3.8, 4) is 0 Å². The van der Waals surface area contributed by atoms with Crippen LogP contribution in [0.5, 0.6) is 0 Å². The van der Waals surface area contributed by atoms with E-state index in [0.29, 0.717) is 23.5 Å². The number of anilines is 2. The maximum Gasteiger partial charge on any atom is 0.278 e. The van der Waals surface area contributed by atoms with Crippen LogP contribution in [0.2, 0.25) is 0 Å². The highest BCUT2D eigenvalue weighted by Gasteiger charge is 2.16. The minimum absolute atomic E-state index is 0.144. The summed E-state index contributed by atoms with van der Waals surface area (Å²) in [4.78, 5) is 24.7. The van der Waals surface area contributed by atoms with E-state index in [1.165, 1.54) is 30.5 Å². The molecule has 0 atom stereocenters. The molecule has 1 saturated heterocycles. The first kappa shape index (κ1) is 19.5. The number of rotatable bonds is 6. The van der Waals surface area contributed by atoms with Crippen LogP contribution >= 0.6 is 0 Å². The molecule has 0 saturated carbocycles. The standard InChI is InChI=1S/C22H30N6O/c1-4-8-18-19-20(27(3)25-18)21(29)24-22(23-19)26(2)15-16-9-11-17(12-10-16)28-13-6-5-7-14-28/h9-12H,4-8,13-15H2,1-3H3,(H,23,24,29). The third-order valence-corrected chi connectivity index (χ3v) is 5.68. The number of hydrogen-bond acceptors (Lipinski definition) is 5. The lowest BCUT2D eigenvalue weighted by Crippen LogP contribution is -2.29. The molecular formula is C22H30N6O. The fourth-order valence-electron chi connectivity index (χ4n) is 4.13. The predicted molar refractivity (Wildman–Crippen MR) is 118 cm³/mol. The van der Waals surface area contributed by atoms with Crippen LogP contribution < -0.4 is 15.4 Å². The van der Waals surface area contributed by atoms with Gasteiger partial charge < -0.3 is 9.80 Å². The normalized spacial score (nSPS) is 14.5. The van der Waals surface area contributed by atoms with Crippen LogP contribution in [0.25, 0.3) is 11.0 Å². The molecule has 2 aromatic heterocycles. The molecule has 0 radical (unpaired) electrons. The van der Waals surface area contributed by atoms with Crippen LogP contribution in [-0.2, 0) is 20.0 Å². The number of aromatic amines is 1. The lowest BCUT2D eigenvalue weighted by molar-refractivity contribution is 0.578. The SMILES string of the molecule is CCCc1nn(C)c2c(=O)[nH]c(N(C)Cc3ccc(N4CCCCC4)cc3)nc12. The van der Waals surface area contributed by atoms with E-state index in [-0.39, 0.29) is 5.56 Å². The van der Waals surface area contributed by atoms with Crippen molar-refractivity contribution >= 4 is 22.7 Å². The van der Waals surface area contributed by atoms with Crippen LogP contribution in [0.15, 0.2) is 29.1 Å². The maximum atomic E-state index is 12.6. The number of nitrogens with zero attached hydrogens (tertiary/aromatic N) is 5. The Morgan fingerprint density at radius 2 is 1.86 bits per heavy atom. The van der Waals surface area contributed by atoms with E-state index in [1.807, 2.05) is 11.9 Å². The first-order valence-corrected chi connectivity index (χ1v) is 10.6. The van der Waals surface area contributed by atoms with E-state index in [1.54, 1.807) is 11.7 Å². The molecular weight excluding hydrogens is 364 g/mol. The minimum Gasteiger partial charge on any atom is -0.372 e. The van der Waals surface area contributed by atoms with Gasteiger partial charge in [0, 0.05) is 39.4 Å². The lowest BCUT2D eigenvalue weighted by Gasteiger charge is -2.29. The molecule has 0 spiro atoms. The van der Waals surface area contributed by atoms with E-state index >= 15 is 0 Å². The Bertz CT molecular complexity index is 1030. The molecule has 154 valence electrons. The largest absolute Gasteiger partial charge is 0.372 e. The topological polar surface area (TPSA) is 70.1 Å². The molecule has 1 aliphatic rings. The van der Waals surface area contributed by atoms with E-state index in [4.69, 9.17) is 4.98 Å². The average Bonchev–Trinajstić information content (AvgIpc) is 3.05. The van der Waals surface area contributed by atoms with Gasteiger partial charge >= 0.3 is 0 Å². The van der Waals surface area contributed by atoms with Gasteiger partial charge in [0.2, 0.25) is 5.95 Å². The van der Waals surface area contributed by atoms with Gasteiger partial charge in [-0.05, 0) is 43.4 Å². The van der Waals surface area contributed by atoms with Crippen LogP contribution in [0.3, 0.4) is 0 Å². The molecule has 29 heavy (non-hydrogen) atoms. The molecule has 3 heterocycles. The van der Waals surface area contributed by atoms with E-state index < -0.39 is 0 Å². The van der Waals surface area contributed by atoms with Crippen molar-refractivity contribution in [3.05, 3.63) is 45.9 Å². The van der Waals surface area contributed by atoms with Gasteiger partial charge in [-0.15, -0.1) is 0 Å². The number of aryl methyl sites for hydroxylation is 2. The number of hydrogen-bond donors (Lipinski definition) is 1. The van der Waals surface area contributed by atoms with Crippen molar-refractivity contribution in [3.63, 3.8) is 0 Å². The molecule has 0 aliphatic carbocycles. The molecule has 0 bridgehead atoms. The summed E-state index contributed by atoms with van der Waals surface area (Å²) in [7, 11) is 3.75. The van der Waals surface area contributed by atoms with Gasteiger partial charge in [-0.1, -0.05) is 25.5 Å². The molecule has 7 heteroatoms. The third kappa shape index (κ3) is 3.99. The van der Waals surface area contributed by atoms with Crippen molar-refractivity contribution in [2.75, 3.05) is 29.9 Å². The molecule has 0 unspecified atom stereocenters. The Hall–Kier alpha value is -2.83. The summed E-state index contributed by atoms with van der Waals surface area (Å²) >= 11 is 0. The number of benzene rings is 1. The molecule has 1 aromatic carbocycles. The number of H-pyrrole nitrogens is 1. The first-order valence-electron chi connectivity index (χ1n) is 10.6. The number of nitrogens with one attached hydrogen (secondary N) is 1. The second kappa shape index (κ2) is 8.27. The highest BCUT2D eigenvalue weighted by molar-refractivity contribution is 5.77. The molecule has 1 fully saturated rings. The Morgan fingerprint density at radius 3 is 2.55 bits per heavy atom. The summed E-state index contributed by atoms with van der Waals surface area (Å²) in [5.74, 6) is 0.577. The van der Waals surface area contributed by atoms with Gasteiger partial charge in [-0.25, -0.2) is 4.98 Å². The van der Waals surface area contributed by atoms with Crippen molar-refractivity contribution in [2.24, 2.45) is 7.05 Å². The summed E-state index contributed by atoms with van der Waals surface area (Å²) in [5.41, 5.74) is 4.47. The van der Waals surface area contributed by atoms with Crippen molar-refractivity contribution < 1.29 is 0 Å². The summed E-state index contributed by atoms with van der Waals surface area (Å²) in [5, 5.41) is 4.49. The minimum atomic E-state index is -0.144. The zero-order chi connectivity index (χ0) is 20.4. The Balaban J connectivity index is 1.55. The zero-order valence-electron chi connectivity index (χ0n) is 17.6. The maximum absolute atomic E-state index is 12.6. The second-order valence-electron chi connectivity index (χ2n) is 7.98. The molecule has 3 aromatic rings. The summed E-state index contributed by atoms with van der Waals surface area (Å²) in [6.45, 7) is 5.08. The van der Waals surface area contributed by atoms with Gasteiger partial charge in [-0.3, -0.25) is 14.5 Å². The summed E-state index contributed by atoms with van der Waals surface area (Å²) in [6.07, 6.45) is 5.68. The lowest BCUT2D eigenvalue weighted by atomic mass is 10.1. The Morgan fingerprint density at radius 1 is 1.14 bits per heavy atom. The fraction of sp³-hybridized carbons (Fsp3) is 0.500. The van der Waals surface area contributed by atoms with Gasteiger partial charge in [0.05, 0.1) is 5.69 Å². The third-order valence-electron chi connectivity index (χ3n) is 5.68. The van der Waals surface area contributed by atoms with Crippen LogP contribution in [-0.4, -0.2) is 39.9 Å². The van der Waals surface area contributed by atoms with Gasteiger partial charge in [0.15, 0.2) is 5.52 Å². The molecule has 0 amide bonds. The van der Waals surface area contributed by atoms with Crippen LogP contribution in [0.1, 0.15) is 43.9 Å². The summed E-state index contributed by atoms with van der Waals surface area (Å²) < 4.78 is 1.63. The zero-order valence-corrected chi connectivity index (χ0v) is 17.6. The molecule has 7 nitrogen and oxygen atoms in total. The average molecular weight is 395 g/mol. The molecule has 1 N–H and O–H groups in total. The second-order valence-corrected chi connectivity index (χ2v) is 7.98. The highest BCUT2D eigenvalue weighted by atomic mass is 16.1. The number of aromatic nitrogens is 4. The van der Waals surface area contributed by atoms with Crippen molar-refractivity contribution in [1.82, 2.24) is 19.7 Å². The number of fused-ring (bicyclic) bond motifs is 1. The van der Waals surface area contributed by atoms with E-state index in [9.17, 15) is 4.79 Å². The predicted octanol–water partition coefficient (Wildman–Crippen LogP) is 3.24. The van der Waals surface area contributed by atoms with Gasteiger partial charge in [0.25, 0.3) is 5.56 Å². The van der Waals surface area contributed by atoms with Crippen molar-refractivity contribution in [1.29, 1.82) is 0 Å². The monoisotopic (exact) mass is 394 g/mol.